The average molecular weight is 399 g/mol. The summed E-state index contributed by atoms with van der Waals surface area (Å²) < 4.78 is 19.7. The standard InChI is InChI=1S/C23H31FN4O/c24-21-15-22-20(23-19(21)6-13-29-23)14-18(26-22)16-25-17-4-9-28(10-5-17)12-11-27-7-2-1-3-8-27/h6,13-15,17,25-26H,1-5,7-12,16H2. The predicted molar refractivity (Wildman–Crippen MR) is 115 cm³/mol. The van der Waals surface area contributed by atoms with Crippen LogP contribution in [0.5, 0.6) is 0 Å². The van der Waals surface area contributed by atoms with Gasteiger partial charge in [-0.1, -0.05) is 6.42 Å². The molecule has 0 amide bonds. The summed E-state index contributed by atoms with van der Waals surface area (Å²) in [5.41, 5.74) is 2.51. The van der Waals surface area contributed by atoms with Crippen molar-refractivity contribution in [3.05, 3.63) is 36.0 Å². The number of furan rings is 1. The first-order chi connectivity index (χ1) is 14.3. The van der Waals surface area contributed by atoms with Crippen LogP contribution in [0.25, 0.3) is 21.9 Å². The normalized spacial score (nSPS) is 20.2. The molecule has 2 saturated heterocycles. The fraction of sp³-hybridized carbons (Fsp3) is 0.565. The molecule has 0 bridgehead atoms. The van der Waals surface area contributed by atoms with Crippen molar-refractivity contribution in [1.29, 1.82) is 0 Å². The third-order valence-corrected chi connectivity index (χ3v) is 6.69. The summed E-state index contributed by atoms with van der Waals surface area (Å²) in [6, 6.07) is 5.89. The number of hydrogen-bond donors (Lipinski definition) is 2. The molecule has 156 valence electrons. The van der Waals surface area contributed by atoms with Crippen molar-refractivity contribution in [2.75, 3.05) is 39.3 Å². The van der Waals surface area contributed by atoms with Crippen molar-refractivity contribution in [3.8, 4) is 0 Å². The van der Waals surface area contributed by atoms with E-state index in [1.165, 1.54) is 71.4 Å². The third-order valence-electron chi connectivity index (χ3n) is 6.69. The second kappa shape index (κ2) is 8.46. The van der Waals surface area contributed by atoms with Crippen LogP contribution < -0.4 is 5.32 Å². The van der Waals surface area contributed by atoms with E-state index in [0.29, 0.717) is 17.0 Å². The highest BCUT2D eigenvalue weighted by Crippen LogP contribution is 2.29. The van der Waals surface area contributed by atoms with Crippen LogP contribution in [0.2, 0.25) is 0 Å². The summed E-state index contributed by atoms with van der Waals surface area (Å²) >= 11 is 0. The number of nitrogens with zero attached hydrogens (tertiary/aromatic N) is 2. The molecule has 0 saturated carbocycles. The van der Waals surface area contributed by atoms with E-state index in [4.69, 9.17) is 4.42 Å². The Morgan fingerprint density at radius 3 is 2.55 bits per heavy atom. The number of halogens is 1. The molecule has 2 aromatic heterocycles. The quantitative estimate of drug-likeness (QED) is 0.657. The molecule has 0 aliphatic carbocycles. The summed E-state index contributed by atoms with van der Waals surface area (Å²) in [6.45, 7) is 8.14. The molecule has 0 unspecified atom stereocenters. The predicted octanol–water partition coefficient (Wildman–Crippen LogP) is 4.09. The van der Waals surface area contributed by atoms with Gasteiger partial charge in [0.1, 0.15) is 11.4 Å². The zero-order valence-corrected chi connectivity index (χ0v) is 17.1. The molecule has 2 N–H and O–H groups in total. The van der Waals surface area contributed by atoms with Gasteiger partial charge in [0.05, 0.1) is 17.2 Å². The van der Waals surface area contributed by atoms with Gasteiger partial charge < -0.3 is 24.5 Å². The Hall–Kier alpha value is -1.89. The summed E-state index contributed by atoms with van der Waals surface area (Å²) in [5.74, 6) is -0.237. The molecule has 0 radical (unpaired) electrons. The average Bonchev–Trinajstić information content (AvgIpc) is 3.39. The first-order valence-corrected chi connectivity index (χ1v) is 11.1. The molecular formula is C23H31FN4O. The van der Waals surface area contributed by atoms with Crippen LogP contribution in [0, 0.1) is 5.82 Å². The zero-order valence-electron chi connectivity index (χ0n) is 17.1. The van der Waals surface area contributed by atoms with Crippen LogP contribution >= 0.6 is 0 Å². The van der Waals surface area contributed by atoms with E-state index >= 15 is 0 Å². The highest BCUT2D eigenvalue weighted by atomic mass is 19.1. The van der Waals surface area contributed by atoms with E-state index in [2.05, 4.69) is 26.2 Å². The highest BCUT2D eigenvalue weighted by Gasteiger charge is 2.20. The van der Waals surface area contributed by atoms with E-state index in [9.17, 15) is 4.39 Å². The first-order valence-electron chi connectivity index (χ1n) is 11.1. The first kappa shape index (κ1) is 19.1. The largest absolute Gasteiger partial charge is 0.464 e. The van der Waals surface area contributed by atoms with Gasteiger partial charge in [0, 0.05) is 36.8 Å². The second-order valence-electron chi connectivity index (χ2n) is 8.68. The Bertz CT molecular complexity index is 951. The van der Waals surface area contributed by atoms with Gasteiger partial charge in [0.15, 0.2) is 0 Å². The van der Waals surface area contributed by atoms with Crippen LogP contribution in [0.3, 0.4) is 0 Å². The number of piperidine rings is 2. The molecule has 0 spiro atoms. The smallest absolute Gasteiger partial charge is 0.146 e. The lowest BCUT2D eigenvalue weighted by molar-refractivity contribution is 0.153. The fourth-order valence-electron chi connectivity index (χ4n) is 4.92. The van der Waals surface area contributed by atoms with Gasteiger partial charge >= 0.3 is 0 Å². The van der Waals surface area contributed by atoms with Crippen LogP contribution in [0.4, 0.5) is 4.39 Å². The van der Waals surface area contributed by atoms with Crippen molar-refractivity contribution in [1.82, 2.24) is 20.1 Å². The third kappa shape index (κ3) is 4.20. The van der Waals surface area contributed by atoms with Crippen molar-refractivity contribution in [2.45, 2.75) is 44.7 Å². The maximum atomic E-state index is 14.2. The highest BCUT2D eigenvalue weighted by molar-refractivity contribution is 6.03. The molecule has 5 rings (SSSR count). The van der Waals surface area contributed by atoms with Crippen LogP contribution in [0.1, 0.15) is 37.8 Å². The van der Waals surface area contributed by atoms with Gasteiger partial charge in [-0.2, -0.15) is 0 Å². The Labute approximate surface area is 171 Å². The molecule has 0 atom stereocenters. The molecule has 3 aromatic rings. The lowest BCUT2D eigenvalue weighted by atomic mass is 10.0. The van der Waals surface area contributed by atoms with Gasteiger partial charge in [-0.05, 0) is 70.1 Å². The monoisotopic (exact) mass is 398 g/mol. The van der Waals surface area contributed by atoms with E-state index in [1.54, 1.807) is 18.4 Å². The van der Waals surface area contributed by atoms with E-state index in [-0.39, 0.29) is 5.82 Å². The second-order valence-corrected chi connectivity index (χ2v) is 8.68. The molecular weight excluding hydrogens is 367 g/mol. The van der Waals surface area contributed by atoms with E-state index in [0.717, 1.165) is 23.1 Å². The van der Waals surface area contributed by atoms with Gasteiger partial charge in [0.2, 0.25) is 0 Å². The lowest BCUT2D eigenvalue weighted by Crippen LogP contribution is -2.45. The molecule has 2 aliphatic heterocycles. The summed E-state index contributed by atoms with van der Waals surface area (Å²) in [5, 5.41) is 5.19. The van der Waals surface area contributed by atoms with Crippen molar-refractivity contribution >= 4 is 21.9 Å². The Kier molecular flexibility index (Phi) is 5.57. The number of H-pyrrole nitrogens is 1. The minimum absolute atomic E-state index is 0.237. The molecule has 4 heterocycles. The molecule has 5 nitrogen and oxygen atoms in total. The van der Waals surface area contributed by atoms with Crippen LogP contribution in [0.15, 0.2) is 28.9 Å². The Morgan fingerprint density at radius 1 is 1.00 bits per heavy atom. The van der Waals surface area contributed by atoms with Gasteiger partial charge in [0.25, 0.3) is 0 Å². The minimum Gasteiger partial charge on any atom is -0.464 e. The SMILES string of the molecule is Fc1cc2[nH]c(CNC3CCN(CCN4CCCCC4)CC3)cc2c2occc12. The van der Waals surface area contributed by atoms with E-state index in [1.807, 2.05) is 0 Å². The number of rotatable bonds is 6. The summed E-state index contributed by atoms with van der Waals surface area (Å²) in [7, 11) is 0. The van der Waals surface area contributed by atoms with Crippen molar-refractivity contribution in [3.63, 3.8) is 0 Å². The number of fused-ring (bicyclic) bond motifs is 3. The number of aromatic amines is 1. The van der Waals surface area contributed by atoms with Crippen molar-refractivity contribution < 1.29 is 8.81 Å². The number of likely N-dealkylation sites (tertiary alicyclic amines) is 2. The molecule has 1 aromatic carbocycles. The van der Waals surface area contributed by atoms with Crippen LogP contribution in [-0.4, -0.2) is 60.1 Å². The van der Waals surface area contributed by atoms with E-state index < -0.39 is 0 Å². The minimum atomic E-state index is -0.237. The zero-order chi connectivity index (χ0) is 19.6. The molecule has 2 aliphatic rings. The number of nitrogens with one attached hydrogen (secondary N) is 2. The Balaban J connectivity index is 1.12. The van der Waals surface area contributed by atoms with Gasteiger partial charge in [-0.3, -0.25) is 0 Å². The maximum absolute atomic E-state index is 14.2. The summed E-state index contributed by atoms with van der Waals surface area (Å²) in [4.78, 5) is 8.59. The van der Waals surface area contributed by atoms with Crippen LogP contribution in [-0.2, 0) is 6.54 Å². The lowest BCUT2D eigenvalue weighted by Gasteiger charge is -2.34. The molecule has 6 heteroatoms. The number of aromatic nitrogens is 1. The van der Waals surface area contributed by atoms with Crippen molar-refractivity contribution in [2.24, 2.45) is 0 Å². The molecule has 2 fully saturated rings. The number of hydrogen-bond acceptors (Lipinski definition) is 4. The number of benzene rings is 1. The van der Waals surface area contributed by atoms with Gasteiger partial charge in [-0.25, -0.2) is 4.39 Å². The van der Waals surface area contributed by atoms with Gasteiger partial charge in [-0.15, -0.1) is 0 Å². The molecule has 29 heavy (non-hydrogen) atoms. The Morgan fingerprint density at radius 2 is 1.76 bits per heavy atom. The maximum Gasteiger partial charge on any atom is 0.146 e. The summed E-state index contributed by atoms with van der Waals surface area (Å²) in [6.07, 6.45) is 8.09. The topological polar surface area (TPSA) is 47.4 Å². The fourth-order valence-corrected chi connectivity index (χ4v) is 4.92.